The third-order valence-electron chi connectivity index (χ3n) is 6.90. The van der Waals surface area contributed by atoms with Crippen molar-refractivity contribution in [3.8, 4) is 56.4 Å². The number of allylic oxidation sites excluding steroid dienone is 3. The quantitative estimate of drug-likeness (QED) is 0.139. The van der Waals surface area contributed by atoms with Crippen molar-refractivity contribution < 1.29 is 0 Å². The molecule has 3 heterocycles. The summed E-state index contributed by atoms with van der Waals surface area (Å²) in [6.07, 6.45) is 13.0. The summed E-state index contributed by atoms with van der Waals surface area (Å²) in [5.41, 5.74) is 8.69. The fourth-order valence-electron chi connectivity index (χ4n) is 4.84. The molecular formula is C37H28N6. The number of aromatic nitrogens is 5. The third kappa shape index (κ3) is 6.24. The van der Waals surface area contributed by atoms with Crippen LogP contribution in [0.4, 0.5) is 0 Å². The first-order chi connectivity index (χ1) is 21.2. The second-order valence-electron chi connectivity index (χ2n) is 9.80. The molecule has 0 unspecified atom stereocenters. The van der Waals surface area contributed by atoms with E-state index in [2.05, 4.69) is 52.0 Å². The molecule has 0 saturated carbocycles. The number of nitrogens with zero attached hydrogens (tertiary/aromatic N) is 6. The zero-order chi connectivity index (χ0) is 29.4. The first-order valence-electron chi connectivity index (χ1n) is 13.9. The van der Waals surface area contributed by atoms with Crippen LogP contribution in [0.2, 0.25) is 0 Å². The largest absolute Gasteiger partial charge is 0.272 e. The van der Waals surface area contributed by atoms with Crippen molar-refractivity contribution >= 4 is 12.3 Å². The second kappa shape index (κ2) is 12.7. The van der Waals surface area contributed by atoms with Crippen LogP contribution in [-0.4, -0.2) is 31.6 Å². The lowest BCUT2D eigenvalue weighted by Crippen LogP contribution is -2.01. The highest BCUT2D eigenvalue weighted by atomic mass is 15.0. The molecule has 0 spiro atoms. The van der Waals surface area contributed by atoms with Crippen molar-refractivity contribution in [1.29, 1.82) is 0 Å². The summed E-state index contributed by atoms with van der Waals surface area (Å²) in [4.78, 5) is 27.5. The minimum Gasteiger partial charge on any atom is -0.272 e. The van der Waals surface area contributed by atoms with E-state index in [-0.39, 0.29) is 0 Å². The minimum absolute atomic E-state index is 0.576. The Balaban J connectivity index is 1.51. The van der Waals surface area contributed by atoms with Gasteiger partial charge in [0.05, 0.1) is 0 Å². The van der Waals surface area contributed by atoms with Crippen LogP contribution < -0.4 is 0 Å². The van der Waals surface area contributed by atoms with Gasteiger partial charge in [0.1, 0.15) is 0 Å². The molecular weight excluding hydrogens is 528 g/mol. The van der Waals surface area contributed by atoms with Gasteiger partial charge in [0.25, 0.3) is 0 Å². The maximum Gasteiger partial charge on any atom is 0.164 e. The van der Waals surface area contributed by atoms with Crippen molar-refractivity contribution in [3.63, 3.8) is 0 Å². The molecule has 0 fully saturated rings. The van der Waals surface area contributed by atoms with Gasteiger partial charge in [-0.1, -0.05) is 78.9 Å². The van der Waals surface area contributed by atoms with Gasteiger partial charge in [-0.05, 0) is 66.2 Å². The Morgan fingerprint density at radius 1 is 0.581 bits per heavy atom. The molecule has 6 aromatic rings. The number of rotatable bonds is 8. The standard InChI is InChI=1S/C37H28N6/c1-3-9-32(23-38-2)26-10-4-13-29(20-26)35-41-36(30-14-5-11-27(21-30)33-16-7-18-39-24-33)43-37(42-35)31-15-6-12-28(22-31)34-17-8-19-40-25-34/h3-25H,2H2,1H3/b9-3-,32-23+. The molecule has 3 aromatic heterocycles. The second-order valence-corrected chi connectivity index (χ2v) is 9.80. The molecule has 206 valence electrons. The van der Waals surface area contributed by atoms with Gasteiger partial charge >= 0.3 is 0 Å². The number of hydrogen-bond acceptors (Lipinski definition) is 6. The van der Waals surface area contributed by atoms with Crippen LogP contribution in [0, 0.1) is 0 Å². The van der Waals surface area contributed by atoms with E-state index >= 15 is 0 Å². The monoisotopic (exact) mass is 556 g/mol. The van der Waals surface area contributed by atoms with Gasteiger partial charge in [0, 0.05) is 58.8 Å². The summed E-state index contributed by atoms with van der Waals surface area (Å²) in [5, 5.41) is 0. The van der Waals surface area contributed by atoms with E-state index in [1.165, 1.54) is 0 Å². The van der Waals surface area contributed by atoms with Crippen LogP contribution in [0.5, 0.6) is 0 Å². The Labute approximate surface area is 251 Å². The van der Waals surface area contributed by atoms with Crippen LogP contribution in [0.1, 0.15) is 12.5 Å². The number of benzene rings is 3. The first-order valence-corrected chi connectivity index (χ1v) is 13.9. The highest BCUT2D eigenvalue weighted by molar-refractivity contribution is 5.78. The molecule has 6 rings (SSSR count). The number of aliphatic imine (C=N–C) groups is 1. The zero-order valence-electron chi connectivity index (χ0n) is 23.7. The Kier molecular flexibility index (Phi) is 8.09. The molecule has 6 heteroatoms. The van der Waals surface area contributed by atoms with Crippen LogP contribution in [0.3, 0.4) is 0 Å². The molecule has 0 aliphatic rings. The molecule has 0 saturated heterocycles. The van der Waals surface area contributed by atoms with Crippen molar-refractivity contribution in [2.45, 2.75) is 6.92 Å². The zero-order valence-corrected chi connectivity index (χ0v) is 23.7. The van der Waals surface area contributed by atoms with Crippen molar-refractivity contribution in [2.75, 3.05) is 0 Å². The van der Waals surface area contributed by atoms with E-state index in [9.17, 15) is 0 Å². The lowest BCUT2D eigenvalue weighted by Gasteiger charge is -2.11. The lowest BCUT2D eigenvalue weighted by molar-refractivity contribution is 1.07. The average Bonchev–Trinajstić information content (AvgIpc) is 3.09. The van der Waals surface area contributed by atoms with E-state index in [0.717, 1.165) is 50.1 Å². The molecule has 0 radical (unpaired) electrons. The maximum absolute atomic E-state index is 4.99. The van der Waals surface area contributed by atoms with Crippen molar-refractivity contribution in [3.05, 3.63) is 146 Å². The predicted octanol–water partition coefficient (Wildman–Crippen LogP) is 8.61. The van der Waals surface area contributed by atoms with E-state index in [1.807, 2.05) is 98.2 Å². The smallest absolute Gasteiger partial charge is 0.164 e. The Morgan fingerprint density at radius 3 is 1.51 bits per heavy atom. The number of hydrogen-bond donors (Lipinski definition) is 0. The van der Waals surface area contributed by atoms with Crippen LogP contribution in [0.15, 0.2) is 145 Å². The van der Waals surface area contributed by atoms with Gasteiger partial charge in [-0.3, -0.25) is 15.0 Å². The molecule has 6 nitrogen and oxygen atoms in total. The third-order valence-corrected chi connectivity index (χ3v) is 6.90. The van der Waals surface area contributed by atoms with Crippen LogP contribution in [0.25, 0.3) is 62.0 Å². The van der Waals surface area contributed by atoms with Crippen LogP contribution >= 0.6 is 0 Å². The highest BCUT2D eigenvalue weighted by Gasteiger charge is 2.14. The topological polar surface area (TPSA) is 76.8 Å². The van der Waals surface area contributed by atoms with E-state index in [4.69, 9.17) is 15.0 Å². The van der Waals surface area contributed by atoms with Crippen molar-refractivity contribution in [1.82, 2.24) is 24.9 Å². The van der Waals surface area contributed by atoms with Gasteiger partial charge in [0.15, 0.2) is 17.5 Å². The van der Waals surface area contributed by atoms with E-state index in [1.54, 1.807) is 18.6 Å². The van der Waals surface area contributed by atoms with Gasteiger partial charge in [-0.25, -0.2) is 15.0 Å². The highest BCUT2D eigenvalue weighted by Crippen LogP contribution is 2.30. The van der Waals surface area contributed by atoms with Gasteiger partial charge in [-0.2, -0.15) is 0 Å². The first kappa shape index (κ1) is 27.3. The summed E-state index contributed by atoms with van der Waals surface area (Å²) in [6, 6.07) is 32.4. The average molecular weight is 557 g/mol. The van der Waals surface area contributed by atoms with Gasteiger partial charge < -0.3 is 0 Å². The van der Waals surface area contributed by atoms with Gasteiger partial charge in [-0.15, -0.1) is 0 Å². The fourth-order valence-corrected chi connectivity index (χ4v) is 4.84. The minimum atomic E-state index is 0.576. The fraction of sp³-hybridized carbons (Fsp3) is 0.0270. The SMILES string of the molecule is C=N/C=C(\C=C/C)c1cccc(-c2nc(-c3cccc(-c4cccnc4)c3)nc(-c3cccc(-c4cccnc4)c3)n2)c1. The predicted molar refractivity (Wildman–Crippen MR) is 175 cm³/mol. The van der Waals surface area contributed by atoms with Gasteiger partial charge in [0.2, 0.25) is 0 Å². The molecule has 0 N–H and O–H groups in total. The molecule has 3 aromatic carbocycles. The summed E-state index contributed by atoms with van der Waals surface area (Å²) in [5.74, 6) is 1.74. The molecule has 0 amide bonds. The molecule has 0 atom stereocenters. The van der Waals surface area contributed by atoms with Crippen molar-refractivity contribution in [2.24, 2.45) is 4.99 Å². The number of pyridine rings is 2. The summed E-state index contributed by atoms with van der Waals surface area (Å²) in [7, 11) is 0. The summed E-state index contributed by atoms with van der Waals surface area (Å²) >= 11 is 0. The lowest BCUT2D eigenvalue weighted by atomic mass is 10.0. The summed E-state index contributed by atoms with van der Waals surface area (Å²) in [6.45, 7) is 5.61. The molecule has 0 bridgehead atoms. The van der Waals surface area contributed by atoms with Crippen LogP contribution in [-0.2, 0) is 0 Å². The normalized spacial score (nSPS) is 11.5. The Hall–Kier alpha value is -5.88. The Morgan fingerprint density at radius 2 is 1.05 bits per heavy atom. The van der Waals surface area contributed by atoms with E-state index in [0.29, 0.717) is 17.5 Å². The molecule has 0 aliphatic heterocycles. The molecule has 43 heavy (non-hydrogen) atoms. The Bertz CT molecular complexity index is 1840. The van der Waals surface area contributed by atoms with E-state index < -0.39 is 0 Å². The summed E-state index contributed by atoms with van der Waals surface area (Å²) < 4.78 is 0. The maximum atomic E-state index is 4.99. The molecule has 0 aliphatic carbocycles.